The molecule has 4 aliphatic rings. The van der Waals surface area contributed by atoms with Crippen LogP contribution >= 0.6 is 11.3 Å². The van der Waals surface area contributed by atoms with Gasteiger partial charge in [0.1, 0.15) is 17.1 Å². The number of nitrogens with zero attached hydrogens (tertiary/aromatic N) is 6. The molecule has 0 radical (unpaired) electrons. The number of piperazine rings is 1. The van der Waals surface area contributed by atoms with Crippen LogP contribution in [-0.4, -0.2) is 94.0 Å². The molecule has 1 atom stereocenters. The zero-order chi connectivity index (χ0) is 49.3. The average Bonchev–Trinajstić information content (AvgIpc) is 4.02. The van der Waals surface area contributed by atoms with Gasteiger partial charge in [0.2, 0.25) is 11.8 Å². The van der Waals surface area contributed by atoms with Gasteiger partial charge < -0.3 is 24.1 Å². The summed E-state index contributed by atoms with van der Waals surface area (Å²) >= 11 is 1.43. The van der Waals surface area contributed by atoms with E-state index in [-0.39, 0.29) is 35.4 Å². The van der Waals surface area contributed by atoms with Crippen molar-refractivity contribution < 1.29 is 33.4 Å². The number of unbranched alkanes of at least 4 members (excludes halogenated alkanes) is 1. The Bertz CT molecular complexity index is 3220. The van der Waals surface area contributed by atoms with E-state index in [0.717, 1.165) is 121 Å². The van der Waals surface area contributed by atoms with Crippen LogP contribution in [0.4, 0.5) is 17.0 Å². The SMILES string of the molecule is Cc1c(OC2CCC(=CCCCN3CCN(c4nc5ccc(C6CCC(=O)NC6=O)cc5o4)CC3)CC2)cccc1-c1ccc(N2CCc3cccc(C(=O)Nc4nc5ccccc5s4)c3C2)nc1C(=O)O. The molecule has 3 amide bonds. The first kappa shape index (κ1) is 46.9. The minimum absolute atomic E-state index is 0.0280. The van der Waals surface area contributed by atoms with E-state index >= 15 is 0 Å². The maximum Gasteiger partial charge on any atom is 0.355 e. The molecule has 0 spiro atoms. The number of hydrogen-bond acceptors (Lipinski definition) is 13. The number of aromatic nitrogens is 3. The topological polar surface area (TPSA) is 183 Å². The lowest BCUT2D eigenvalue weighted by Gasteiger charge is -2.33. The molecule has 3 N–H and O–H groups in total. The molecule has 15 nitrogen and oxygen atoms in total. The minimum atomic E-state index is -1.11. The van der Waals surface area contributed by atoms with Crippen LogP contribution in [0.3, 0.4) is 0 Å². The van der Waals surface area contributed by atoms with Gasteiger partial charge in [-0.15, -0.1) is 0 Å². The summed E-state index contributed by atoms with van der Waals surface area (Å²) in [6, 6.07) is 29.4. The molecule has 1 saturated carbocycles. The van der Waals surface area contributed by atoms with Crippen molar-refractivity contribution in [3.8, 4) is 16.9 Å². The number of aromatic carboxylic acids is 1. The van der Waals surface area contributed by atoms with Crippen molar-refractivity contribution in [3.05, 3.63) is 136 Å². The van der Waals surface area contributed by atoms with E-state index in [1.807, 2.05) is 103 Å². The predicted octanol–water partition coefficient (Wildman–Crippen LogP) is 9.69. The smallest absolute Gasteiger partial charge is 0.355 e. The molecule has 368 valence electrons. The summed E-state index contributed by atoms with van der Waals surface area (Å²) in [5.74, 6) is -0.880. The van der Waals surface area contributed by atoms with Crippen LogP contribution in [0.1, 0.15) is 100 Å². The number of ether oxygens (including phenoxy) is 1. The normalized spacial score (nSPS) is 18.5. The summed E-state index contributed by atoms with van der Waals surface area (Å²) in [6.45, 7) is 7.58. The van der Waals surface area contributed by atoms with Crippen LogP contribution in [0, 0.1) is 6.92 Å². The van der Waals surface area contributed by atoms with Gasteiger partial charge in [0, 0.05) is 56.8 Å². The molecular weight excluding hydrogens is 929 g/mol. The number of nitrogens with one attached hydrogen (secondary N) is 2. The highest BCUT2D eigenvalue weighted by Crippen LogP contribution is 2.37. The fourth-order valence-corrected chi connectivity index (χ4v) is 11.5. The molecule has 2 saturated heterocycles. The zero-order valence-corrected chi connectivity index (χ0v) is 41.0. The van der Waals surface area contributed by atoms with Crippen molar-refractivity contribution in [2.24, 2.45) is 0 Å². The van der Waals surface area contributed by atoms with Crippen LogP contribution in [0.15, 0.2) is 107 Å². The summed E-state index contributed by atoms with van der Waals surface area (Å²) in [4.78, 5) is 71.4. The number of allylic oxidation sites excluding steroid dienone is 2. The number of piperidine rings is 1. The third-order valence-corrected chi connectivity index (χ3v) is 15.6. The van der Waals surface area contributed by atoms with Gasteiger partial charge in [-0.05, 0) is 141 Å². The summed E-state index contributed by atoms with van der Waals surface area (Å²) in [7, 11) is 0. The van der Waals surface area contributed by atoms with E-state index in [9.17, 15) is 24.3 Å². The van der Waals surface area contributed by atoms with E-state index in [4.69, 9.17) is 19.1 Å². The molecule has 11 rings (SSSR count). The van der Waals surface area contributed by atoms with Crippen LogP contribution < -0.4 is 25.2 Å². The first-order valence-electron chi connectivity index (χ1n) is 25.0. The Balaban J connectivity index is 0.660. The van der Waals surface area contributed by atoms with Crippen molar-refractivity contribution in [1.29, 1.82) is 0 Å². The number of fused-ring (bicyclic) bond motifs is 3. The lowest BCUT2D eigenvalue weighted by molar-refractivity contribution is -0.134. The van der Waals surface area contributed by atoms with Crippen molar-refractivity contribution >= 4 is 73.3 Å². The zero-order valence-electron chi connectivity index (χ0n) is 40.2. The first-order valence-corrected chi connectivity index (χ1v) is 25.8. The molecule has 6 heterocycles. The number of hydrogen-bond donors (Lipinski definition) is 3. The number of carbonyl (C=O) groups excluding carboxylic acids is 3. The van der Waals surface area contributed by atoms with Crippen molar-refractivity contribution in [2.45, 2.75) is 83.3 Å². The van der Waals surface area contributed by atoms with Crippen molar-refractivity contribution in [2.75, 3.05) is 54.4 Å². The second kappa shape index (κ2) is 20.4. The van der Waals surface area contributed by atoms with Gasteiger partial charge in [-0.2, -0.15) is 4.98 Å². The average molecular weight is 985 g/mol. The molecule has 7 aromatic rings. The van der Waals surface area contributed by atoms with Crippen LogP contribution in [0.25, 0.3) is 32.4 Å². The lowest BCUT2D eigenvalue weighted by atomic mass is 9.90. The van der Waals surface area contributed by atoms with E-state index in [2.05, 4.69) is 31.5 Å². The molecule has 4 aromatic carbocycles. The van der Waals surface area contributed by atoms with Gasteiger partial charge in [0.25, 0.3) is 11.9 Å². The van der Waals surface area contributed by atoms with Gasteiger partial charge >= 0.3 is 5.97 Å². The fraction of sp³-hybridized carbons (Fsp3) is 0.339. The van der Waals surface area contributed by atoms with Crippen LogP contribution in [0.2, 0.25) is 0 Å². The number of para-hydroxylation sites is 1. The Labute approximate surface area is 420 Å². The molecule has 1 unspecified atom stereocenters. The van der Waals surface area contributed by atoms with Crippen LogP contribution in [-0.2, 0) is 22.6 Å². The third-order valence-electron chi connectivity index (χ3n) is 14.7. The molecule has 0 bridgehead atoms. The first-order chi connectivity index (χ1) is 35.1. The molecule has 3 aliphatic heterocycles. The second-order valence-corrected chi connectivity index (χ2v) is 20.3. The Morgan fingerprint density at radius 3 is 2.50 bits per heavy atom. The molecule has 3 aromatic heterocycles. The maximum atomic E-state index is 13.7. The monoisotopic (exact) mass is 984 g/mol. The number of amides is 3. The molecular formula is C56H56N8O7S. The number of imide groups is 1. The fourth-order valence-electron chi connectivity index (χ4n) is 10.7. The largest absolute Gasteiger partial charge is 0.490 e. The van der Waals surface area contributed by atoms with Gasteiger partial charge in [-0.3, -0.25) is 29.9 Å². The number of carboxylic acids is 1. The predicted molar refractivity (Wildman–Crippen MR) is 278 cm³/mol. The number of oxazole rings is 1. The molecule has 1 aliphatic carbocycles. The molecule has 3 fully saturated rings. The number of anilines is 3. The van der Waals surface area contributed by atoms with Crippen molar-refractivity contribution in [3.63, 3.8) is 0 Å². The van der Waals surface area contributed by atoms with Gasteiger partial charge in [-0.25, -0.2) is 14.8 Å². The van der Waals surface area contributed by atoms with Gasteiger partial charge in [-0.1, -0.05) is 65.5 Å². The van der Waals surface area contributed by atoms with Crippen molar-refractivity contribution in [1.82, 2.24) is 25.2 Å². The Hall–Kier alpha value is -7.43. The standard InChI is InChI=1S/C56H56N8O7S/c1-34-39(41-20-23-49(59-51(41)54(68)69)64-27-25-36-9-6-11-42(43(36)33-64)53(67)61-55-57-45-12-2-3-14-48(45)72-55)10-7-13-46(34)70-38-18-15-35(16-19-38)8-4-5-26-62-28-30-63(31-29-62)56-58-44-22-17-37(32-47(44)71-56)40-21-24-50(65)60-52(40)66/h2-3,6-14,17,20,22-23,32,38,40H,4-5,15-16,18-19,21,24-31,33H2,1H3,(H,68,69)(H,57,61,67)(H,60,65,66). The van der Waals surface area contributed by atoms with Gasteiger partial charge in [0.15, 0.2) is 16.4 Å². The van der Waals surface area contributed by atoms with E-state index < -0.39 is 5.97 Å². The molecule has 16 heteroatoms. The number of carboxylic acid groups (broad SMARTS) is 1. The highest BCUT2D eigenvalue weighted by molar-refractivity contribution is 7.22. The number of rotatable bonds is 13. The number of benzene rings is 4. The highest BCUT2D eigenvalue weighted by Gasteiger charge is 2.30. The maximum absolute atomic E-state index is 13.7. The minimum Gasteiger partial charge on any atom is -0.490 e. The summed E-state index contributed by atoms with van der Waals surface area (Å²) in [6.07, 6.45) is 9.97. The van der Waals surface area contributed by atoms with Gasteiger partial charge in [0.05, 0.1) is 22.2 Å². The lowest BCUT2D eigenvalue weighted by Crippen LogP contribution is -2.46. The number of thiazole rings is 1. The Morgan fingerprint density at radius 1 is 0.847 bits per heavy atom. The third kappa shape index (κ3) is 9.93. The van der Waals surface area contributed by atoms with Crippen LogP contribution in [0.5, 0.6) is 5.75 Å². The molecule has 72 heavy (non-hydrogen) atoms. The van der Waals surface area contributed by atoms with E-state index in [1.165, 1.54) is 16.9 Å². The quantitative estimate of drug-likeness (QED) is 0.0565. The second-order valence-electron chi connectivity index (χ2n) is 19.2. The Morgan fingerprint density at radius 2 is 1.68 bits per heavy atom. The Kier molecular flexibility index (Phi) is 13.3. The number of carbonyl (C=O) groups is 4. The highest BCUT2D eigenvalue weighted by atomic mass is 32.1. The van der Waals surface area contributed by atoms with E-state index in [0.29, 0.717) is 66.0 Å². The summed E-state index contributed by atoms with van der Waals surface area (Å²) in [5.41, 5.74) is 9.27. The summed E-state index contributed by atoms with van der Waals surface area (Å²) < 4.78 is 13.8. The summed E-state index contributed by atoms with van der Waals surface area (Å²) in [5, 5.41) is 16.5. The number of pyridine rings is 1. The van der Waals surface area contributed by atoms with E-state index in [1.54, 1.807) is 0 Å².